The summed E-state index contributed by atoms with van der Waals surface area (Å²) in [5.41, 5.74) is 0.219. The van der Waals surface area contributed by atoms with Crippen molar-refractivity contribution in [1.82, 2.24) is 5.32 Å². The first-order chi connectivity index (χ1) is 16.0. The maximum atomic E-state index is 13.5. The summed E-state index contributed by atoms with van der Waals surface area (Å²) in [4.78, 5) is 24.9. The molecule has 7 nitrogen and oxygen atoms in total. The van der Waals surface area contributed by atoms with Crippen molar-refractivity contribution in [3.63, 3.8) is 0 Å². The number of benzene rings is 2. The monoisotopic (exact) mass is 472 g/mol. The molecule has 0 spiro atoms. The van der Waals surface area contributed by atoms with E-state index in [1.807, 2.05) is 30.3 Å². The van der Waals surface area contributed by atoms with Crippen molar-refractivity contribution in [3.8, 4) is 5.75 Å². The third-order valence-corrected chi connectivity index (χ3v) is 5.43. The Morgan fingerprint density at radius 2 is 1.71 bits per heavy atom. The van der Waals surface area contributed by atoms with E-state index in [1.165, 1.54) is 25.1 Å². The Hall–Kier alpha value is -3.75. The van der Waals surface area contributed by atoms with Crippen molar-refractivity contribution in [3.05, 3.63) is 98.5 Å². The number of ether oxygens (including phenoxy) is 2. The molecule has 2 aromatic carbocycles. The van der Waals surface area contributed by atoms with Crippen LogP contribution in [0, 0.1) is 10.1 Å². The van der Waals surface area contributed by atoms with E-state index in [9.17, 15) is 23.7 Å². The van der Waals surface area contributed by atoms with E-state index in [2.05, 4.69) is 10.1 Å². The summed E-state index contributed by atoms with van der Waals surface area (Å²) >= 11 is 0. The van der Waals surface area contributed by atoms with Crippen LogP contribution in [0.1, 0.15) is 44.7 Å². The molecule has 9 heteroatoms. The first kappa shape index (κ1) is 24.9. The third kappa shape index (κ3) is 5.59. The normalized spacial score (nSPS) is 16.4. The number of alkyl halides is 2. The van der Waals surface area contributed by atoms with Gasteiger partial charge < -0.3 is 14.8 Å². The van der Waals surface area contributed by atoms with Crippen molar-refractivity contribution in [2.75, 3.05) is 0 Å². The number of rotatable bonds is 8. The van der Waals surface area contributed by atoms with Crippen LogP contribution in [0.25, 0.3) is 0 Å². The molecule has 1 aliphatic rings. The molecule has 2 aromatic rings. The van der Waals surface area contributed by atoms with Gasteiger partial charge in [0.25, 0.3) is 5.70 Å². The molecule has 1 unspecified atom stereocenters. The minimum Gasteiger partial charge on any atom is -0.456 e. The topological polar surface area (TPSA) is 90.7 Å². The Balaban J connectivity index is 2.05. The fourth-order valence-electron chi connectivity index (χ4n) is 4.15. The van der Waals surface area contributed by atoms with Gasteiger partial charge in [0.2, 0.25) is 0 Å². The van der Waals surface area contributed by atoms with Crippen molar-refractivity contribution < 1.29 is 28.0 Å². The van der Waals surface area contributed by atoms with Crippen molar-refractivity contribution in [1.29, 1.82) is 0 Å². The highest BCUT2D eigenvalue weighted by Gasteiger charge is 2.43. The van der Waals surface area contributed by atoms with Gasteiger partial charge in [-0.05, 0) is 39.3 Å². The molecule has 0 saturated heterocycles. The minimum atomic E-state index is -3.14. The number of halogens is 2. The van der Waals surface area contributed by atoms with E-state index >= 15 is 0 Å². The molecule has 3 rings (SSSR count). The average molecular weight is 472 g/mol. The van der Waals surface area contributed by atoms with E-state index in [4.69, 9.17) is 4.74 Å². The number of esters is 1. The minimum absolute atomic E-state index is 0.0382. The summed E-state index contributed by atoms with van der Waals surface area (Å²) < 4.78 is 36.6. The average Bonchev–Trinajstić information content (AvgIpc) is 2.72. The fraction of sp³-hybridized carbons (Fsp3) is 0.320. The van der Waals surface area contributed by atoms with Crippen molar-refractivity contribution in [2.24, 2.45) is 0 Å². The second-order valence-corrected chi connectivity index (χ2v) is 8.59. The van der Waals surface area contributed by atoms with Crippen LogP contribution in [0.5, 0.6) is 5.75 Å². The SMILES string of the molecule is CC1=C(C(=O)OC(C)(C)Cc2ccccc2)C(c2ccccc2OC(F)F)C([N+](=O)[O-])=C(C)N1. The molecule has 0 aromatic heterocycles. The lowest BCUT2D eigenvalue weighted by atomic mass is 9.83. The van der Waals surface area contributed by atoms with E-state index in [-0.39, 0.29) is 28.3 Å². The van der Waals surface area contributed by atoms with Gasteiger partial charge in [-0.1, -0.05) is 48.5 Å². The molecule has 0 saturated carbocycles. The van der Waals surface area contributed by atoms with Gasteiger partial charge in [0, 0.05) is 17.7 Å². The maximum absolute atomic E-state index is 13.5. The molecule has 1 aliphatic heterocycles. The summed E-state index contributed by atoms with van der Waals surface area (Å²) in [7, 11) is 0. The van der Waals surface area contributed by atoms with Gasteiger partial charge in [0.15, 0.2) is 0 Å². The molecule has 0 bridgehead atoms. The van der Waals surface area contributed by atoms with Gasteiger partial charge in [0.05, 0.1) is 16.2 Å². The molecular formula is C25H26F2N2O5. The zero-order valence-electron chi connectivity index (χ0n) is 19.3. The second-order valence-electron chi connectivity index (χ2n) is 8.59. The highest BCUT2D eigenvalue weighted by Crippen LogP contribution is 2.43. The van der Waals surface area contributed by atoms with Crippen LogP contribution < -0.4 is 10.1 Å². The summed E-state index contributed by atoms with van der Waals surface area (Å²) in [6.07, 6.45) is 0.409. The summed E-state index contributed by atoms with van der Waals surface area (Å²) in [5.74, 6) is -2.31. The van der Waals surface area contributed by atoms with Gasteiger partial charge in [0.1, 0.15) is 17.3 Å². The number of nitrogens with one attached hydrogen (secondary N) is 1. The molecule has 180 valence electrons. The number of allylic oxidation sites excluding steroid dienone is 3. The molecular weight excluding hydrogens is 446 g/mol. The first-order valence-corrected chi connectivity index (χ1v) is 10.6. The number of dihydropyridines is 1. The van der Waals surface area contributed by atoms with E-state index in [1.54, 1.807) is 26.8 Å². The smallest absolute Gasteiger partial charge is 0.387 e. The summed E-state index contributed by atoms with van der Waals surface area (Å²) in [6.45, 7) is 3.42. The predicted octanol–water partition coefficient (Wildman–Crippen LogP) is 5.32. The van der Waals surface area contributed by atoms with Crippen LogP contribution in [0.3, 0.4) is 0 Å². The summed E-state index contributed by atoms with van der Waals surface area (Å²) in [5, 5.41) is 14.9. The highest BCUT2D eigenvalue weighted by molar-refractivity contribution is 5.93. The van der Waals surface area contributed by atoms with Crippen molar-refractivity contribution >= 4 is 5.97 Å². The van der Waals surface area contributed by atoms with E-state index < -0.39 is 29.0 Å². The standard InChI is InChI=1S/C25H26F2N2O5/c1-15-20(23(30)34-25(3,4)14-17-10-6-5-7-11-17)21(22(29(31)32)16(2)28-15)18-12-8-9-13-19(18)33-24(26)27/h5-13,21,24,28H,14H2,1-4H3. The molecule has 0 aliphatic carbocycles. The van der Waals surface area contributed by atoms with Gasteiger partial charge >= 0.3 is 12.6 Å². The van der Waals surface area contributed by atoms with Crippen LogP contribution in [-0.4, -0.2) is 23.1 Å². The quantitative estimate of drug-likeness (QED) is 0.318. The van der Waals surface area contributed by atoms with Crippen LogP contribution in [0.2, 0.25) is 0 Å². The van der Waals surface area contributed by atoms with Crippen LogP contribution in [0.15, 0.2) is 77.3 Å². The number of para-hydroxylation sites is 1. The van der Waals surface area contributed by atoms with Crippen LogP contribution in [-0.2, 0) is 16.0 Å². The summed E-state index contributed by atoms with van der Waals surface area (Å²) in [6, 6.07) is 15.2. The third-order valence-electron chi connectivity index (χ3n) is 5.43. The Labute approximate surface area is 196 Å². The molecule has 0 radical (unpaired) electrons. The zero-order valence-corrected chi connectivity index (χ0v) is 19.3. The first-order valence-electron chi connectivity index (χ1n) is 10.6. The number of nitro groups is 1. The lowest BCUT2D eigenvalue weighted by molar-refractivity contribution is -0.431. The molecule has 0 fully saturated rings. The Kier molecular flexibility index (Phi) is 7.34. The van der Waals surface area contributed by atoms with Gasteiger partial charge in [-0.3, -0.25) is 10.1 Å². The Morgan fingerprint density at radius 1 is 1.09 bits per heavy atom. The molecule has 34 heavy (non-hydrogen) atoms. The number of carbonyl (C=O) groups is 1. The molecule has 1 atom stereocenters. The largest absolute Gasteiger partial charge is 0.456 e. The number of hydrogen-bond donors (Lipinski definition) is 1. The fourth-order valence-corrected chi connectivity index (χ4v) is 4.15. The van der Waals surface area contributed by atoms with Crippen molar-refractivity contribution in [2.45, 2.75) is 52.2 Å². The molecule has 1 heterocycles. The van der Waals surface area contributed by atoms with Gasteiger partial charge in [-0.2, -0.15) is 8.78 Å². The zero-order chi connectivity index (χ0) is 25.0. The van der Waals surface area contributed by atoms with E-state index in [0.29, 0.717) is 12.1 Å². The lowest BCUT2D eigenvalue weighted by Gasteiger charge is -2.31. The highest BCUT2D eigenvalue weighted by atomic mass is 19.3. The number of nitrogens with zero attached hydrogens (tertiary/aromatic N) is 1. The Morgan fingerprint density at radius 3 is 2.32 bits per heavy atom. The number of carbonyl (C=O) groups excluding carboxylic acids is 1. The molecule has 1 N–H and O–H groups in total. The van der Waals surface area contributed by atoms with E-state index in [0.717, 1.165) is 5.56 Å². The molecule has 0 amide bonds. The van der Waals surface area contributed by atoms with Gasteiger partial charge in [-0.25, -0.2) is 4.79 Å². The predicted molar refractivity (Wildman–Crippen MR) is 122 cm³/mol. The maximum Gasteiger partial charge on any atom is 0.387 e. The Bertz CT molecular complexity index is 1140. The lowest BCUT2D eigenvalue weighted by Crippen LogP contribution is -2.36. The number of hydrogen-bond acceptors (Lipinski definition) is 6. The van der Waals surface area contributed by atoms with Crippen LogP contribution >= 0.6 is 0 Å². The van der Waals surface area contributed by atoms with Gasteiger partial charge in [-0.15, -0.1) is 0 Å². The second kappa shape index (κ2) is 10.0. The van der Waals surface area contributed by atoms with Crippen LogP contribution in [0.4, 0.5) is 8.78 Å².